The number of nitrogen functional groups attached to an aromatic ring is 1. The van der Waals surface area contributed by atoms with E-state index in [1.165, 1.54) is 0 Å². The van der Waals surface area contributed by atoms with Crippen LogP contribution in [0.5, 0.6) is 0 Å². The van der Waals surface area contributed by atoms with E-state index >= 15 is 0 Å². The molecule has 0 bridgehead atoms. The summed E-state index contributed by atoms with van der Waals surface area (Å²) in [6.07, 6.45) is 4.50. The van der Waals surface area contributed by atoms with E-state index in [0.717, 1.165) is 24.5 Å². The molecular formula is C13H15N5. The zero-order chi connectivity index (χ0) is 13.0. The molecule has 3 N–H and O–H groups in total. The molecule has 5 nitrogen and oxygen atoms in total. The molecule has 1 aromatic carbocycles. The summed E-state index contributed by atoms with van der Waals surface area (Å²) in [6, 6.07) is 7.41. The zero-order valence-corrected chi connectivity index (χ0v) is 10.2. The summed E-state index contributed by atoms with van der Waals surface area (Å²) < 4.78 is 1.98. The fourth-order valence-corrected chi connectivity index (χ4v) is 1.75. The number of hydrogen-bond donors (Lipinski definition) is 2. The lowest BCUT2D eigenvalue weighted by Crippen LogP contribution is -2.09. The van der Waals surface area contributed by atoms with Gasteiger partial charge in [0.25, 0.3) is 0 Å². The third-order valence-corrected chi connectivity index (χ3v) is 2.75. The van der Waals surface area contributed by atoms with Crippen LogP contribution in [0.25, 0.3) is 0 Å². The second kappa shape index (κ2) is 5.23. The highest BCUT2D eigenvalue weighted by atomic mass is 15.0. The van der Waals surface area contributed by atoms with E-state index in [-0.39, 0.29) is 0 Å². The van der Waals surface area contributed by atoms with Gasteiger partial charge >= 0.3 is 0 Å². The summed E-state index contributed by atoms with van der Waals surface area (Å²) >= 11 is 0. The van der Waals surface area contributed by atoms with Gasteiger partial charge in [0.15, 0.2) is 0 Å². The standard InChI is InChI=1S/C13H15N5/c1-18-7-6-17-13(18)4-5-16-12-3-2-11(15)8-10(12)9-14/h2-3,6-8,16H,4-5,15H2,1H3. The summed E-state index contributed by atoms with van der Waals surface area (Å²) in [7, 11) is 1.96. The Balaban J connectivity index is 1.99. The van der Waals surface area contributed by atoms with Crippen molar-refractivity contribution in [1.29, 1.82) is 5.26 Å². The van der Waals surface area contributed by atoms with Crippen molar-refractivity contribution in [2.24, 2.45) is 7.05 Å². The van der Waals surface area contributed by atoms with Crippen molar-refractivity contribution in [2.45, 2.75) is 6.42 Å². The van der Waals surface area contributed by atoms with Gasteiger partial charge in [-0.05, 0) is 18.2 Å². The first-order valence-electron chi connectivity index (χ1n) is 5.70. The van der Waals surface area contributed by atoms with E-state index < -0.39 is 0 Å². The number of rotatable bonds is 4. The molecule has 0 aliphatic heterocycles. The topological polar surface area (TPSA) is 79.7 Å². The average Bonchev–Trinajstić information content (AvgIpc) is 2.77. The monoisotopic (exact) mass is 241 g/mol. The Bertz CT molecular complexity index is 579. The van der Waals surface area contributed by atoms with Gasteiger partial charge in [0.1, 0.15) is 11.9 Å². The molecule has 18 heavy (non-hydrogen) atoms. The van der Waals surface area contributed by atoms with Gasteiger partial charge in [-0.2, -0.15) is 5.26 Å². The number of benzene rings is 1. The molecular weight excluding hydrogens is 226 g/mol. The summed E-state index contributed by atoms with van der Waals surface area (Å²) in [5, 5.41) is 12.2. The van der Waals surface area contributed by atoms with Crippen LogP contribution in [0, 0.1) is 11.3 Å². The van der Waals surface area contributed by atoms with E-state index in [1.807, 2.05) is 23.9 Å². The van der Waals surface area contributed by atoms with Crippen molar-refractivity contribution >= 4 is 11.4 Å². The van der Waals surface area contributed by atoms with Crippen LogP contribution in [0.2, 0.25) is 0 Å². The van der Waals surface area contributed by atoms with Crippen molar-refractivity contribution in [3.63, 3.8) is 0 Å². The van der Waals surface area contributed by atoms with Gasteiger partial charge in [-0.25, -0.2) is 4.98 Å². The van der Waals surface area contributed by atoms with Crippen molar-refractivity contribution in [1.82, 2.24) is 9.55 Å². The van der Waals surface area contributed by atoms with Crippen LogP contribution in [0.1, 0.15) is 11.4 Å². The second-order valence-electron chi connectivity index (χ2n) is 4.05. The van der Waals surface area contributed by atoms with E-state index in [9.17, 15) is 0 Å². The molecule has 0 unspecified atom stereocenters. The van der Waals surface area contributed by atoms with Crippen molar-refractivity contribution in [3.8, 4) is 6.07 Å². The Hall–Kier alpha value is -2.48. The summed E-state index contributed by atoms with van der Waals surface area (Å²) in [4.78, 5) is 4.24. The Morgan fingerprint density at radius 3 is 3.00 bits per heavy atom. The maximum absolute atomic E-state index is 9.01. The molecule has 1 heterocycles. The third kappa shape index (κ3) is 2.61. The summed E-state index contributed by atoms with van der Waals surface area (Å²) in [6.45, 7) is 0.726. The molecule has 0 atom stereocenters. The molecule has 0 radical (unpaired) electrons. The molecule has 2 aromatic rings. The zero-order valence-electron chi connectivity index (χ0n) is 10.2. The SMILES string of the molecule is Cn1ccnc1CCNc1ccc(N)cc1C#N. The number of nitrogens with two attached hydrogens (primary N) is 1. The van der Waals surface area contributed by atoms with Gasteiger partial charge in [0.05, 0.1) is 11.3 Å². The van der Waals surface area contributed by atoms with Gasteiger partial charge in [-0.15, -0.1) is 0 Å². The van der Waals surface area contributed by atoms with Gasteiger partial charge in [0.2, 0.25) is 0 Å². The first kappa shape index (κ1) is 12.0. The molecule has 92 valence electrons. The Morgan fingerprint density at radius 1 is 1.50 bits per heavy atom. The normalized spacial score (nSPS) is 10.0. The van der Waals surface area contributed by atoms with Gasteiger partial charge < -0.3 is 15.6 Å². The molecule has 0 amide bonds. The average molecular weight is 241 g/mol. The highest BCUT2D eigenvalue weighted by Gasteiger charge is 2.03. The first-order valence-corrected chi connectivity index (χ1v) is 5.70. The molecule has 0 aliphatic rings. The van der Waals surface area contributed by atoms with Crippen molar-refractivity contribution in [2.75, 3.05) is 17.6 Å². The fraction of sp³-hybridized carbons (Fsp3) is 0.231. The van der Waals surface area contributed by atoms with Crippen LogP contribution in [0.15, 0.2) is 30.6 Å². The van der Waals surface area contributed by atoms with E-state index in [2.05, 4.69) is 16.4 Å². The number of aryl methyl sites for hydroxylation is 1. The molecule has 5 heteroatoms. The molecule has 1 aromatic heterocycles. The van der Waals surface area contributed by atoms with Crippen LogP contribution >= 0.6 is 0 Å². The predicted molar refractivity (Wildman–Crippen MR) is 71.0 cm³/mol. The van der Waals surface area contributed by atoms with Crippen LogP contribution in [-0.4, -0.2) is 16.1 Å². The number of aromatic nitrogens is 2. The maximum Gasteiger partial charge on any atom is 0.110 e. The third-order valence-electron chi connectivity index (χ3n) is 2.75. The highest BCUT2D eigenvalue weighted by Crippen LogP contribution is 2.17. The van der Waals surface area contributed by atoms with Crippen molar-refractivity contribution in [3.05, 3.63) is 42.0 Å². The van der Waals surface area contributed by atoms with E-state index in [1.54, 1.807) is 18.3 Å². The highest BCUT2D eigenvalue weighted by molar-refractivity contribution is 5.62. The van der Waals surface area contributed by atoms with Gasteiger partial charge in [-0.3, -0.25) is 0 Å². The molecule has 0 aliphatic carbocycles. The minimum atomic E-state index is 0.565. The molecule has 0 saturated carbocycles. The molecule has 0 fully saturated rings. The second-order valence-corrected chi connectivity index (χ2v) is 4.05. The van der Waals surface area contributed by atoms with Crippen LogP contribution in [0.3, 0.4) is 0 Å². The van der Waals surface area contributed by atoms with Crippen LogP contribution < -0.4 is 11.1 Å². The Kier molecular flexibility index (Phi) is 3.49. The molecule has 0 saturated heterocycles. The number of nitriles is 1. The van der Waals surface area contributed by atoms with Gasteiger partial charge in [-0.1, -0.05) is 0 Å². The largest absolute Gasteiger partial charge is 0.399 e. The van der Waals surface area contributed by atoms with E-state index in [4.69, 9.17) is 11.0 Å². The first-order chi connectivity index (χ1) is 8.70. The number of nitrogens with zero attached hydrogens (tertiary/aromatic N) is 3. The predicted octanol–water partition coefficient (Wildman–Crippen LogP) is 1.53. The number of hydrogen-bond acceptors (Lipinski definition) is 4. The van der Waals surface area contributed by atoms with Crippen LogP contribution in [0.4, 0.5) is 11.4 Å². The smallest absolute Gasteiger partial charge is 0.110 e. The van der Waals surface area contributed by atoms with Crippen molar-refractivity contribution < 1.29 is 0 Å². The Morgan fingerprint density at radius 2 is 2.33 bits per heavy atom. The minimum absolute atomic E-state index is 0.565. The summed E-state index contributed by atoms with van der Waals surface area (Å²) in [5.41, 5.74) is 7.61. The maximum atomic E-state index is 9.01. The number of anilines is 2. The Labute approximate surface area is 106 Å². The quantitative estimate of drug-likeness (QED) is 0.795. The van der Waals surface area contributed by atoms with Crippen LogP contribution in [-0.2, 0) is 13.5 Å². The number of imidazole rings is 1. The molecule has 0 spiro atoms. The summed E-state index contributed by atoms with van der Waals surface area (Å²) in [5.74, 6) is 1.01. The lowest BCUT2D eigenvalue weighted by Gasteiger charge is -2.08. The fourth-order valence-electron chi connectivity index (χ4n) is 1.75. The number of nitrogens with one attached hydrogen (secondary N) is 1. The minimum Gasteiger partial charge on any atom is -0.399 e. The lowest BCUT2D eigenvalue weighted by molar-refractivity contribution is 0.789. The van der Waals surface area contributed by atoms with Gasteiger partial charge in [0, 0.05) is 38.1 Å². The lowest BCUT2D eigenvalue weighted by atomic mass is 10.1. The molecule has 2 rings (SSSR count). The van der Waals surface area contributed by atoms with E-state index in [0.29, 0.717) is 11.3 Å².